The van der Waals surface area contributed by atoms with Crippen LogP contribution in [-0.4, -0.2) is 6.36 Å². The van der Waals surface area contributed by atoms with Crippen LogP contribution in [0.3, 0.4) is 0 Å². The lowest BCUT2D eigenvalue weighted by atomic mass is 10.2. The Morgan fingerprint density at radius 2 is 2.00 bits per heavy atom. The largest absolute Gasteiger partial charge is 0.573 e. The lowest BCUT2D eigenvalue weighted by Gasteiger charge is -2.12. The lowest BCUT2D eigenvalue weighted by molar-refractivity contribution is -0.274. The molecule has 0 heterocycles. The molecule has 0 aliphatic heterocycles. The van der Waals surface area contributed by atoms with Crippen LogP contribution in [-0.2, 0) is 5.88 Å². The molecule has 0 aliphatic carbocycles. The fraction of sp³-hybridized carbons (Fsp3) is 0.250. The Labute approximate surface area is 97.3 Å². The van der Waals surface area contributed by atoms with Crippen LogP contribution in [0, 0.1) is 0 Å². The number of benzene rings is 1. The van der Waals surface area contributed by atoms with Gasteiger partial charge in [0.1, 0.15) is 0 Å². The highest BCUT2D eigenvalue weighted by molar-refractivity contribution is 9.10. The Morgan fingerprint density at radius 1 is 1.40 bits per heavy atom. The van der Waals surface area contributed by atoms with Crippen molar-refractivity contribution in [2.24, 2.45) is 0 Å². The molecule has 0 unspecified atom stereocenters. The molecule has 0 saturated heterocycles. The molecule has 0 aromatic heterocycles. The minimum Gasteiger partial charge on any atom is -0.404 e. The predicted molar refractivity (Wildman–Crippen MR) is 54.8 cm³/mol. The van der Waals surface area contributed by atoms with Gasteiger partial charge in [-0.2, -0.15) is 0 Å². The van der Waals surface area contributed by atoms with Gasteiger partial charge in [0.25, 0.3) is 0 Å². The van der Waals surface area contributed by atoms with E-state index in [1.807, 2.05) is 0 Å². The SMILES string of the molecule is Nc1cc(CCl)c(Br)cc1OC(F)(F)F. The van der Waals surface area contributed by atoms with Crippen molar-refractivity contribution in [1.29, 1.82) is 0 Å². The average molecular weight is 304 g/mol. The molecule has 1 rings (SSSR count). The number of alkyl halides is 4. The highest BCUT2D eigenvalue weighted by atomic mass is 79.9. The van der Waals surface area contributed by atoms with Crippen LogP contribution in [0.4, 0.5) is 18.9 Å². The van der Waals surface area contributed by atoms with Gasteiger partial charge in [0, 0.05) is 10.4 Å². The zero-order chi connectivity index (χ0) is 11.6. The zero-order valence-electron chi connectivity index (χ0n) is 7.24. The quantitative estimate of drug-likeness (QED) is 0.668. The van der Waals surface area contributed by atoms with Crippen LogP contribution in [0.5, 0.6) is 5.75 Å². The van der Waals surface area contributed by atoms with Crippen molar-refractivity contribution in [1.82, 2.24) is 0 Å². The molecule has 1 aromatic rings. The van der Waals surface area contributed by atoms with Gasteiger partial charge in [-0.25, -0.2) is 0 Å². The van der Waals surface area contributed by atoms with Crippen LogP contribution in [0.2, 0.25) is 0 Å². The Kier molecular flexibility index (Phi) is 3.72. The average Bonchev–Trinajstić information content (AvgIpc) is 2.08. The van der Waals surface area contributed by atoms with Crippen LogP contribution in [0.15, 0.2) is 16.6 Å². The topological polar surface area (TPSA) is 35.2 Å². The van der Waals surface area contributed by atoms with Gasteiger partial charge in [-0.15, -0.1) is 24.8 Å². The molecule has 2 N–H and O–H groups in total. The van der Waals surface area contributed by atoms with Gasteiger partial charge < -0.3 is 10.5 Å². The molecule has 0 amide bonds. The number of halogens is 5. The van der Waals surface area contributed by atoms with Crippen LogP contribution >= 0.6 is 27.5 Å². The Bertz CT molecular complexity index is 370. The standard InChI is InChI=1S/C8H6BrClF3NO/c9-5-2-7(15-8(11,12)13)6(14)1-4(5)3-10/h1-2H,3,14H2. The zero-order valence-corrected chi connectivity index (χ0v) is 9.58. The van der Waals surface area contributed by atoms with Gasteiger partial charge in [0.15, 0.2) is 5.75 Å². The molecule has 0 fully saturated rings. The number of anilines is 1. The van der Waals surface area contributed by atoms with Crippen molar-refractivity contribution in [2.75, 3.05) is 5.73 Å². The Balaban J connectivity index is 3.05. The van der Waals surface area contributed by atoms with Gasteiger partial charge in [-0.3, -0.25) is 0 Å². The molecule has 84 valence electrons. The summed E-state index contributed by atoms with van der Waals surface area (Å²) in [7, 11) is 0. The summed E-state index contributed by atoms with van der Waals surface area (Å²) in [5.74, 6) is -0.292. The predicted octanol–water partition coefficient (Wildman–Crippen LogP) is 3.67. The molecule has 7 heteroatoms. The highest BCUT2D eigenvalue weighted by Gasteiger charge is 2.32. The Hall–Kier alpha value is -0.620. The molecule has 1 aromatic carbocycles. The summed E-state index contributed by atoms with van der Waals surface area (Å²) in [5, 5.41) is 0. The molecule has 0 saturated carbocycles. The fourth-order valence-electron chi connectivity index (χ4n) is 0.934. The Morgan fingerprint density at radius 3 is 2.47 bits per heavy atom. The van der Waals surface area contributed by atoms with Gasteiger partial charge in [-0.05, 0) is 17.7 Å². The third-order valence-corrected chi connectivity index (χ3v) is 2.57. The molecular formula is C8H6BrClF3NO. The number of nitrogen functional groups attached to an aromatic ring is 1. The molecule has 0 spiro atoms. The summed E-state index contributed by atoms with van der Waals surface area (Å²) < 4.78 is 39.9. The smallest absolute Gasteiger partial charge is 0.404 e. The van der Waals surface area contributed by atoms with E-state index in [-0.39, 0.29) is 11.6 Å². The van der Waals surface area contributed by atoms with E-state index in [9.17, 15) is 13.2 Å². The van der Waals surface area contributed by atoms with E-state index in [0.717, 1.165) is 6.07 Å². The summed E-state index contributed by atoms with van der Waals surface area (Å²) in [6.45, 7) is 0. The number of hydrogen-bond acceptors (Lipinski definition) is 2. The first-order valence-corrected chi connectivity index (χ1v) is 5.06. The monoisotopic (exact) mass is 303 g/mol. The van der Waals surface area contributed by atoms with Crippen LogP contribution < -0.4 is 10.5 Å². The first kappa shape index (κ1) is 12.4. The number of hydrogen-bond donors (Lipinski definition) is 1. The van der Waals surface area contributed by atoms with E-state index < -0.39 is 12.1 Å². The second-order valence-corrected chi connectivity index (χ2v) is 3.78. The van der Waals surface area contributed by atoms with Gasteiger partial charge in [0.2, 0.25) is 0 Å². The van der Waals surface area contributed by atoms with Crippen LogP contribution in [0.1, 0.15) is 5.56 Å². The summed E-state index contributed by atoms with van der Waals surface area (Å²) >= 11 is 8.60. The van der Waals surface area contributed by atoms with Crippen molar-refractivity contribution in [2.45, 2.75) is 12.2 Å². The van der Waals surface area contributed by atoms with E-state index in [2.05, 4.69) is 20.7 Å². The number of ether oxygens (including phenoxy) is 1. The number of rotatable bonds is 2. The van der Waals surface area contributed by atoms with E-state index >= 15 is 0 Å². The first-order chi connectivity index (χ1) is 6.83. The third kappa shape index (κ3) is 3.46. The third-order valence-electron chi connectivity index (χ3n) is 1.55. The van der Waals surface area contributed by atoms with Crippen molar-refractivity contribution in [3.05, 3.63) is 22.2 Å². The normalized spacial score (nSPS) is 11.5. The molecule has 0 atom stereocenters. The molecule has 0 radical (unpaired) electrons. The molecule has 15 heavy (non-hydrogen) atoms. The van der Waals surface area contributed by atoms with E-state index in [1.165, 1.54) is 6.07 Å². The molecular weight excluding hydrogens is 298 g/mol. The minimum atomic E-state index is -4.75. The highest BCUT2D eigenvalue weighted by Crippen LogP contribution is 2.33. The fourth-order valence-corrected chi connectivity index (χ4v) is 1.78. The van der Waals surface area contributed by atoms with Crippen LogP contribution in [0.25, 0.3) is 0 Å². The molecule has 0 bridgehead atoms. The first-order valence-electron chi connectivity index (χ1n) is 3.73. The second kappa shape index (κ2) is 4.49. The summed E-state index contributed by atoms with van der Waals surface area (Å²) in [6, 6.07) is 2.47. The van der Waals surface area contributed by atoms with Crippen molar-refractivity contribution < 1.29 is 17.9 Å². The second-order valence-electron chi connectivity index (χ2n) is 2.66. The van der Waals surface area contributed by atoms with E-state index in [1.54, 1.807) is 0 Å². The minimum absolute atomic E-state index is 0.105. The summed E-state index contributed by atoms with van der Waals surface area (Å²) in [4.78, 5) is 0. The van der Waals surface area contributed by atoms with Gasteiger partial charge in [0.05, 0.1) is 5.69 Å². The van der Waals surface area contributed by atoms with Gasteiger partial charge in [-0.1, -0.05) is 15.9 Å². The molecule has 0 aliphatic rings. The maximum absolute atomic E-state index is 11.9. The van der Waals surface area contributed by atoms with E-state index in [0.29, 0.717) is 10.0 Å². The van der Waals surface area contributed by atoms with Crippen molar-refractivity contribution in [3.63, 3.8) is 0 Å². The van der Waals surface area contributed by atoms with E-state index in [4.69, 9.17) is 17.3 Å². The molecule has 2 nitrogen and oxygen atoms in total. The van der Waals surface area contributed by atoms with Crippen molar-refractivity contribution in [3.8, 4) is 5.75 Å². The maximum atomic E-state index is 11.9. The maximum Gasteiger partial charge on any atom is 0.573 e. The lowest BCUT2D eigenvalue weighted by Crippen LogP contribution is -2.18. The van der Waals surface area contributed by atoms with Gasteiger partial charge >= 0.3 is 6.36 Å². The summed E-state index contributed by atoms with van der Waals surface area (Å²) in [5.41, 5.74) is 5.86. The number of nitrogens with two attached hydrogens (primary N) is 1. The summed E-state index contributed by atoms with van der Waals surface area (Å²) in [6.07, 6.45) is -4.75. The van der Waals surface area contributed by atoms with Crippen molar-refractivity contribution >= 4 is 33.2 Å².